The zero-order chi connectivity index (χ0) is 16.1. The van der Waals surface area contributed by atoms with E-state index in [1.165, 1.54) is 20.3 Å². The van der Waals surface area contributed by atoms with Gasteiger partial charge < -0.3 is 14.2 Å². The van der Waals surface area contributed by atoms with E-state index in [0.29, 0.717) is 12.8 Å². The largest absolute Gasteiger partial charge is 0.464 e. The molecule has 0 radical (unpaired) electrons. The topological polar surface area (TPSA) is 103 Å². The molecule has 2 heterocycles. The van der Waals surface area contributed by atoms with Crippen molar-refractivity contribution in [1.29, 1.82) is 0 Å². The molecule has 120 valence electrons. The molecule has 0 aromatic carbocycles. The molecule has 0 aliphatic carbocycles. The number of ether oxygens (including phenoxy) is 3. The third kappa shape index (κ3) is 3.44. The smallest absolute Gasteiger partial charge is 0.355 e. The zero-order valence-corrected chi connectivity index (χ0v) is 12.5. The van der Waals surface area contributed by atoms with E-state index in [4.69, 9.17) is 9.47 Å². The number of methoxy groups -OCH3 is 2. The van der Waals surface area contributed by atoms with Gasteiger partial charge in [0.25, 0.3) is 0 Å². The Kier molecular flexibility index (Phi) is 5.13. The number of nitrogens with zero attached hydrogens (tertiary/aromatic N) is 1. The summed E-state index contributed by atoms with van der Waals surface area (Å²) in [6, 6.07) is 0. The molecule has 0 unspecified atom stereocenters. The number of carbonyl (C=O) groups excluding carboxylic acids is 3. The lowest BCUT2D eigenvalue weighted by molar-refractivity contribution is -0.149. The standard InChI is InChI=1S/C14H18N2O6/c1-20-13(18)9-7-8(12(16-15-9)14(19)21-2)10-5-3-4-6-11(17)22-10/h7-8,10,15H,3-6H2,1-2H3/t8-,10+/m1/s1. The summed E-state index contributed by atoms with van der Waals surface area (Å²) in [5, 5.41) is 3.89. The van der Waals surface area contributed by atoms with Crippen LogP contribution >= 0.6 is 0 Å². The average molecular weight is 310 g/mol. The van der Waals surface area contributed by atoms with Gasteiger partial charge in [0.2, 0.25) is 0 Å². The summed E-state index contributed by atoms with van der Waals surface area (Å²) in [4.78, 5) is 35.1. The summed E-state index contributed by atoms with van der Waals surface area (Å²) in [6.07, 6.45) is 3.38. The number of hydrogen-bond donors (Lipinski definition) is 1. The molecule has 0 saturated carbocycles. The van der Waals surface area contributed by atoms with Gasteiger partial charge in [0.1, 0.15) is 11.8 Å². The Balaban J connectivity index is 2.30. The van der Waals surface area contributed by atoms with Gasteiger partial charge in [-0.25, -0.2) is 9.59 Å². The molecule has 0 aromatic heterocycles. The van der Waals surface area contributed by atoms with Crippen LogP contribution in [0.5, 0.6) is 0 Å². The van der Waals surface area contributed by atoms with Crippen molar-refractivity contribution < 1.29 is 28.6 Å². The summed E-state index contributed by atoms with van der Waals surface area (Å²) in [6.45, 7) is 0. The molecule has 2 atom stereocenters. The predicted octanol–water partition coefficient (Wildman–Crippen LogP) is 0.277. The second-order valence-electron chi connectivity index (χ2n) is 4.97. The van der Waals surface area contributed by atoms with Gasteiger partial charge in [0, 0.05) is 6.42 Å². The first-order valence-electron chi connectivity index (χ1n) is 6.98. The maximum absolute atomic E-state index is 11.9. The Morgan fingerprint density at radius 2 is 2.00 bits per heavy atom. The summed E-state index contributed by atoms with van der Waals surface area (Å²) in [7, 11) is 2.48. The van der Waals surface area contributed by atoms with Crippen molar-refractivity contribution in [3.8, 4) is 0 Å². The number of esters is 3. The normalized spacial score (nSPS) is 24.9. The maximum atomic E-state index is 11.9. The number of nitrogens with one attached hydrogen (secondary N) is 1. The molecule has 22 heavy (non-hydrogen) atoms. The number of hydrazone groups is 1. The molecule has 8 heteroatoms. The molecular formula is C14H18N2O6. The average Bonchev–Trinajstić information content (AvgIpc) is 2.77. The lowest BCUT2D eigenvalue weighted by Crippen LogP contribution is -2.40. The lowest BCUT2D eigenvalue weighted by atomic mass is 9.91. The van der Waals surface area contributed by atoms with Crippen molar-refractivity contribution in [2.75, 3.05) is 14.2 Å². The Hall–Kier alpha value is -2.38. The lowest BCUT2D eigenvalue weighted by Gasteiger charge is -2.26. The summed E-state index contributed by atoms with van der Waals surface area (Å²) in [5.74, 6) is -2.22. The van der Waals surface area contributed by atoms with E-state index in [0.717, 1.165) is 12.8 Å². The van der Waals surface area contributed by atoms with Crippen molar-refractivity contribution in [3.05, 3.63) is 11.8 Å². The minimum absolute atomic E-state index is 0.0647. The summed E-state index contributed by atoms with van der Waals surface area (Å²) >= 11 is 0. The Labute approximate surface area is 127 Å². The van der Waals surface area contributed by atoms with Gasteiger partial charge in [0.05, 0.1) is 20.1 Å². The van der Waals surface area contributed by atoms with Gasteiger partial charge in [-0.1, -0.05) is 0 Å². The van der Waals surface area contributed by atoms with Crippen LogP contribution in [0.15, 0.2) is 16.9 Å². The van der Waals surface area contributed by atoms with Crippen LogP contribution in [0, 0.1) is 5.92 Å². The van der Waals surface area contributed by atoms with Crippen LogP contribution in [0.25, 0.3) is 0 Å². The van der Waals surface area contributed by atoms with Gasteiger partial charge >= 0.3 is 17.9 Å². The maximum Gasteiger partial charge on any atom is 0.355 e. The third-order valence-electron chi connectivity index (χ3n) is 3.56. The van der Waals surface area contributed by atoms with E-state index in [2.05, 4.69) is 15.3 Å². The summed E-state index contributed by atoms with van der Waals surface area (Å²) < 4.78 is 14.7. The molecule has 2 rings (SSSR count). The number of rotatable bonds is 3. The zero-order valence-electron chi connectivity index (χ0n) is 12.5. The monoisotopic (exact) mass is 310 g/mol. The highest BCUT2D eigenvalue weighted by atomic mass is 16.5. The van der Waals surface area contributed by atoms with Crippen molar-refractivity contribution >= 4 is 23.6 Å². The minimum atomic E-state index is -0.648. The molecule has 1 N–H and O–H groups in total. The van der Waals surface area contributed by atoms with Gasteiger partial charge in [0.15, 0.2) is 5.71 Å². The van der Waals surface area contributed by atoms with Crippen LogP contribution in [0.2, 0.25) is 0 Å². The van der Waals surface area contributed by atoms with E-state index in [-0.39, 0.29) is 17.4 Å². The van der Waals surface area contributed by atoms with Gasteiger partial charge in [-0.15, -0.1) is 0 Å². The Morgan fingerprint density at radius 1 is 1.27 bits per heavy atom. The first kappa shape index (κ1) is 16.0. The Morgan fingerprint density at radius 3 is 2.68 bits per heavy atom. The second kappa shape index (κ2) is 7.06. The minimum Gasteiger partial charge on any atom is -0.464 e. The highest BCUT2D eigenvalue weighted by molar-refractivity contribution is 6.38. The number of cyclic esters (lactones) is 1. The fourth-order valence-corrected chi connectivity index (χ4v) is 2.44. The van der Waals surface area contributed by atoms with Crippen LogP contribution in [0.4, 0.5) is 0 Å². The van der Waals surface area contributed by atoms with E-state index in [9.17, 15) is 14.4 Å². The molecular weight excluding hydrogens is 292 g/mol. The first-order valence-corrected chi connectivity index (χ1v) is 6.98. The van der Waals surface area contributed by atoms with Crippen molar-refractivity contribution in [2.24, 2.45) is 11.0 Å². The molecule has 1 saturated heterocycles. The molecule has 1 fully saturated rings. The third-order valence-corrected chi connectivity index (χ3v) is 3.56. The van der Waals surface area contributed by atoms with Crippen LogP contribution in [0.1, 0.15) is 25.7 Å². The fourth-order valence-electron chi connectivity index (χ4n) is 2.44. The molecule has 8 nitrogen and oxygen atoms in total. The molecule has 0 aromatic rings. The van der Waals surface area contributed by atoms with Crippen molar-refractivity contribution in [3.63, 3.8) is 0 Å². The van der Waals surface area contributed by atoms with Crippen molar-refractivity contribution in [1.82, 2.24) is 5.43 Å². The van der Waals surface area contributed by atoms with Crippen LogP contribution in [-0.4, -0.2) is 43.9 Å². The van der Waals surface area contributed by atoms with Crippen LogP contribution in [-0.2, 0) is 28.6 Å². The van der Waals surface area contributed by atoms with E-state index >= 15 is 0 Å². The quantitative estimate of drug-likeness (QED) is 0.589. The number of carbonyl (C=O) groups is 3. The van der Waals surface area contributed by atoms with E-state index in [1.54, 1.807) is 0 Å². The molecule has 0 spiro atoms. The highest BCUT2D eigenvalue weighted by Gasteiger charge is 2.36. The number of hydrogen-bond acceptors (Lipinski definition) is 8. The summed E-state index contributed by atoms with van der Waals surface area (Å²) in [5.41, 5.74) is 2.63. The van der Waals surface area contributed by atoms with Crippen LogP contribution in [0.3, 0.4) is 0 Å². The molecule has 0 amide bonds. The van der Waals surface area contributed by atoms with Crippen molar-refractivity contribution in [2.45, 2.75) is 31.8 Å². The van der Waals surface area contributed by atoms with Gasteiger partial charge in [-0.2, -0.15) is 5.10 Å². The van der Waals surface area contributed by atoms with Gasteiger partial charge in [-0.3, -0.25) is 10.2 Å². The second-order valence-corrected chi connectivity index (χ2v) is 4.97. The predicted molar refractivity (Wildman–Crippen MR) is 74.5 cm³/mol. The first-order chi connectivity index (χ1) is 10.6. The SMILES string of the molecule is COC(=O)C1=C[C@H]([C@@H]2CCCCC(=O)O2)C(C(=O)OC)=NN1. The molecule has 2 aliphatic heterocycles. The van der Waals surface area contributed by atoms with Gasteiger partial charge in [-0.05, 0) is 25.3 Å². The fraction of sp³-hybridized carbons (Fsp3) is 0.571. The Bertz CT molecular complexity index is 539. The van der Waals surface area contributed by atoms with Crippen LogP contribution < -0.4 is 5.43 Å². The highest BCUT2D eigenvalue weighted by Crippen LogP contribution is 2.26. The van der Waals surface area contributed by atoms with E-state index in [1.807, 2.05) is 0 Å². The van der Waals surface area contributed by atoms with E-state index < -0.39 is 24.0 Å². The molecule has 2 aliphatic rings. The molecule has 0 bridgehead atoms.